The van der Waals surface area contributed by atoms with Crippen LogP contribution in [-0.4, -0.2) is 15.8 Å². The van der Waals surface area contributed by atoms with E-state index in [9.17, 15) is 22.4 Å². The van der Waals surface area contributed by atoms with Crippen LogP contribution in [0, 0.1) is 5.82 Å². The molecule has 2 heterocycles. The summed E-state index contributed by atoms with van der Waals surface area (Å²) in [6.07, 6.45) is -0.148. The Hall–Kier alpha value is -2.35. The normalized spacial score (nSPS) is 17.9. The molecule has 0 fully saturated rings. The molecule has 0 radical (unpaired) electrons. The third kappa shape index (κ3) is 3.01. The maximum atomic E-state index is 13.5. The van der Waals surface area contributed by atoms with E-state index in [0.717, 1.165) is 10.6 Å². The van der Waals surface area contributed by atoms with Crippen LogP contribution in [0.15, 0.2) is 45.3 Å². The fourth-order valence-corrected chi connectivity index (χ4v) is 2.68. The number of imidazole rings is 1. The number of H-pyrrole nitrogens is 1. The van der Waals surface area contributed by atoms with Crippen molar-refractivity contribution < 1.29 is 17.6 Å². The Bertz CT molecular complexity index is 895. The number of hydrogen-bond donors (Lipinski definition) is 1. The Balaban J connectivity index is 2.12. The highest BCUT2D eigenvalue weighted by atomic mass is 35.5. The quantitative estimate of drug-likeness (QED) is 0.811. The van der Waals surface area contributed by atoms with Crippen LogP contribution >= 0.6 is 11.6 Å². The minimum Gasteiger partial charge on any atom is -0.312 e. The molecule has 2 aromatic rings. The molecule has 1 aromatic carbocycles. The molecule has 1 N–H and O–H groups in total. The number of aromatic nitrogens is 2. The van der Waals surface area contributed by atoms with Crippen LogP contribution in [-0.2, 0) is 6.18 Å². The van der Waals surface area contributed by atoms with Crippen LogP contribution < -0.4 is 5.69 Å². The summed E-state index contributed by atoms with van der Waals surface area (Å²) in [7, 11) is 0. The Morgan fingerprint density at radius 3 is 2.75 bits per heavy atom. The highest BCUT2D eigenvalue weighted by Gasteiger charge is 2.34. The molecule has 0 saturated heterocycles. The number of dihydropyridines is 1. The van der Waals surface area contributed by atoms with E-state index < -0.39 is 29.3 Å². The molecule has 9 heteroatoms. The van der Waals surface area contributed by atoms with Crippen molar-refractivity contribution in [1.82, 2.24) is 9.55 Å². The maximum absolute atomic E-state index is 13.5. The lowest BCUT2D eigenvalue weighted by Gasteiger charge is -2.17. The lowest BCUT2D eigenvalue weighted by atomic mass is 10.1. The van der Waals surface area contributed by atoms with Crippen LogP contribution in [0.25, 0.3) is 5.69 Å². The molecule has 0 saturated carbocycles. The van der Waals surface area contributed by atoms with Crippen molar-refractivity contribution in [2.24, 2.45) is 4.99 Å². The van der Waals surface area contributed by atoms with Gasteiger partial charge < -0.3 is 4.98 Å². The molecule has 4 nitrogen and oxygen atoms in total. The van der Waals surface area contributed by atoms with Gasteiger partial charge in [0.05, 0.1) is 23.0 Å². The average Bonchev–Trinajstić information content (AvgIpc) is 2.88. The highest BCUT2D eigenvalue weighted by molar-refractivity contribution is 6.30. The number of nitrogens with zero attached hydrogens (tertiary/aromatic N) is 2. The molecule has 0 aliphatic carbocycles. The number of benzene rings is 1. The summed E-state index contributed by atoms with van der Waals surface area (Å²) in [5, 5.41) is 0.505. The number of alkyl halides is 3. The second-order valence-electron chi connectivity index (χ2n) is 5.15. The summed E-state index contributed by atoms with van der Waals surface area (Å²) in [6, 6.07) is 1.85. The number of rotatable bonds is 2. The van der Waals surface area contributed by atoms with Crippen molar-refractivity contribution in [2.75, 3.05) is 0 Å². The highest BCUT2D eigenvalue weighted by Crippen LogP contribution is 2.34. The van der Waals surface area contributed by atoms with Crippen molar-refractivity contribution >= 4 is 17.8 Å². The van der Waals surface area contributed by atoms with E-state index in [1.165, 1.54) is 12.4 Å². The molecular weight excluding hydrogens is 350 g/mol. The van der Waals surface area contributed by atoms with E-state index in [-0.39, 0.29) is 5.69 Å². The number of nitrogens with one attached hydrogen (secondary N) is 1. The van der Waals surface area contributed by atoms with Gasteiger partial charge >= 0.3 is 11.9 Å². The van der Waals surface area contributed by atoms with E-state index in [1.54, 1.807) is 6.08 Å². The maximum Gasteiger partial charge on any atom is 0.419 e. The molecule has 0 bridgehead atoms. The number of halogens is 5. The zero-order valence-corrected chi connectivity index (χ0v) is 12.7. The molecule has 126 valence electrons. The van der Waals surface area contributed by atoms with Crippen molar-refractivity contribution in [3.63, 3.8) is 0 Å². The monoisotopic (exact) mass is 359 g/mol. The number of hydrogen-bond acceptors (Lipinski definition) is 2. The first-order chi connectivity index (χ1) is 11.3. The molecule has 1 aliphatic rings. The van der Waals surface area contributed by atoms with E-state index in [1.807, 2.05) is 0 Å². The van der Waals surface area contributed by atoms with Crippen LogP contribution in [0.3, 0.4) is 0 Å². The van der Waals surface area contributed by atoms with Gasteiger partial charge in [-0.15, -0.1) is 0 Å². The zero-order valence-electron chi connectivity index (χ0n) is 11.9. The summed E-state index contributed by atoms with van der Waals surface area (Å²) in [5.41, 5.74) is -1.86. The van der Waals surface area contributed by atoms with Gasteiger partial charge in [-0.3, -0.25) is 9.56 Å². The van der Waals surface area contributed by atoms with Crippen LogP contribution in [0.4, 0.5) is 17.6 Å². The van der Waals surface area contributed by atoms with Crippen LogP contribution in [0.5, 0.6) is 0 Å². The van der Waals surface area contributed by atoms with E-state index in [0.29, 0.717) is 29.3 Å². The largest absolute Gasteiger partial charge is 0.419 e. The predicted octanol–water partition coefficient (Wildman–Crippen LogP) is 3.96. The van der Waals surface area contributed by atoms with Gasteiger partial charge in [-0.2, -0.15) is 13.2 Å². The first kappa shape index (κ1) is 16.5. The Kier molecular flexibility index (Phi) is 4.08. The van der Waals surface area contributed by atoms with Gasteiger partial charge in [0.25, 0.3) is 0 Å². The lowest BCUT2D eigenvalue weighted by molar-refractivity contribution is -0.140. The minimum atomic E-state index is -4.87. The zero-order chi connectivity index (χ0) is 17.5. The smallest absolute Gasteiger partial charge is 0.312 e. The lowest BCUT2D eigenvalue weighted by Crippen LogP contribution is -2.20. The fraction of sp³-hybridized carbons (Fsp3) is 0.200. The van der Waals surface area contributed by atoms with Gasteiger partial charge in [0, 0.05) is 23.9 Å². The first-order valence-electron chi connectivity index (χ1n) is 6.82. The van der Waals surface area contributed by atoms with Crippen molar-refractivity contribution in [2.45, 2.75) is 18.6 Å². The standard InChI is InChI=1S/C15H10ClF4N3O/c16-8-3-4-21-12(5-8)13-7-22-14(24)23(13)9-1-2-11(17)10(6-9)15(18,19)20/h1-4,6-7,12H,5H2,(H,22,24). The van der Waals surface area contributed by atoms with Crippen molar-refractivity contribution in [1.29, 1.82) is 0 Å². The molecule has 0 amide bonds. The average molecular weight is 360 g/mol. The third-order valence-corrected chi connectivity index (χ3v) is 3.85. The van der Waals surface area contributed by atoms with Crippen molar-refractivity contribution in [3.8, 4) is 5.69 Å². The SMILES string of the molecule is O=c1[nH]cc(C2CC(Cl)=CC=N2)n1-c1ccc(F)c(C(F)(F)F)c1. The Morgan fingerprint density at radius 1 is 1.33 bits per heavy atom. The van der Waals surface area contributed by atoms with Gasteiger partial charge in [-0.25, -0.2) is 9.18 Å². The van der Waals surface area contributed by atoms with Gasteiger partial charge in [0.15, 0.2) is 0 Å². The molecule has 1 aromatic heterocycles. The molecule has 0 spiro atoms. The summed E-state index contributed by atoms with van der Waals surface area (Å²) >= 11 is 5.95. The van der Waals surface area contributed by atoms with Gasteiger partial charge in [-0.1, -0.05) is 11.6 Å². The van der Waals surface area contributed by atoms with E-state index >= 15 is 0 Å². The second-order valence-corrected chi connectivity index (χ2v) is 5.63. The molecule has 1 unspecified atom stereocenters. The Labute approximate surface area is 138 Å². The molecule has 1 atom stereocenters. The first-order valence-corrected chi connectivity index (χ1v) is 7.20. The van der Waals surface area contributed by atoms with Gasteiger partial charge in [0.2, 0.25) is 0 Å². The van der Waals surface area contributed by atoms with E-state index in [4.69, 9.17) is 11.6 Å². The topological polar surface area (TPSA) is 50.1 Å². The van der Waals surface area contributed by atoms with Gasteiger partial charge in [0.1, 0.15) is 5.82 Å². The third-order valence-electron chi connectivity index (χ3n) is 3.57. The molecular formula is C15H10ClF4N3O. The summed E-state index contributed by atoms with van der Waals surface area (Å²) in [6.45, 7) is 0. The Morgan fingerprint density at radius 2 is 2.08 bits per heavy atom. The second kappa shape index (κ2) is 5.94. The molecule has 1 aliphatic heterocycles. The van der Waals surface area contributed by atoms with Gasteiger partial charge in [-0.05, 0) is 24.3 Å². The summed E-state index contributed by atoms with van der Waals surface area (Å²) in [5.74, 6) is -1.40. The summed E-state index contributed by atoms with van der Waals surface area (Å²) in [4.78, 5) is 18.6. The minimum absolute atomic E-state index is 0.106. The predicted molar refractivity (Wildman–Crippen MR) is 81.1 cm³/mol. The number of aromatic amines is 1. The van der Waals surface area contributed by atoms with Crippen molar-refractivity contribution in [3.05, 3.63) is 63.1 Å². The molecule has 3 rings (SSSR count). The number of aliphatic imine (C=N–C) groups is 1. The fourth-order valence-electron chi connectivity index (χ4n) is 2.48. The van der Waals surface area contributed by atoms with E-state index in [2.05, 4.69) is 9.98 Å². The number of allylic oxidation sites excluding steroid dienone is 1. The molecule has 24 heavy (non-hydrogen) atoms. The van der Waals surface area contributed by atoms with Crippen LogP contribution in [0.1, 0.15) is 23.7 Å². The summed E-state index contributed by atoms with van der Waals surface area (Å²) < 4.78 is 53.2. The van der Waals surface area contributed by atoms with Crippen LogP contribution in [0.2, 0.25) is 0 Å².